The van der Waals surface area contributed by atoms with Crippen LogP contribution in [0.25, 0.3) is 5.76 Å². The summed E-state index contributed by atoms with van der Waals surface area (Å²) in [5.41, 5.74) is 3.32. The number of amides is 1. The van der Waals surface area contributed by atoms with Crippen molar-refractivity contribution < 1.29 is 24.2 Å². The molecule has 2 heterocycles. The third-order valence-electron chi connectivity index (χ3n) is 7.13. The molecule has 2 fully saturated rings. The number of carbonyl (C=O) groups excluding carboxylic acids is 2. The molecule has 7 nitrogen and oxygen atoms in total. The van der Waals surface area contributed by atoms with E-state index in [4.69, 9.17) is 9.47 Å². The molecule has 0 aliphatic carbocycles. The zero-order valence-electron chi connectivity index (χ0n) is 22.2. The van der Waals surface area contributed by atoms with Crippen molar-refractivity contribution in [1.82, 2.24) is 9.80 Å². The minimum absolute atomic E-state index is 0.122. The Labute approximate surface area is 219 Å². The lowest BCUT2D eigenvalue weighted by molar-refractivity contribution is -0.140. The molecule has 2 aromatic rings. The first kappa shape index (κ1) is 26.9. The van der Waals surface area contributed by atoms with Gasteiger partial charge in [-0.3, -0.25) is 14.5 Å². The molecule has 0 aromatic heterocycles. The van der Waals surface area contributed by atoms with Crippen LogP contribution < -0.4 is 4.74 Å². The summed E-state index contributed by atoms with van der Waals surface area (Å²) in [6.45, 7) is 11.0. The normalized spacial score (nSPS) is 20.0. The van der Waals surface area contributed by atoms with Crippen molar-refractivity contribution in [3.05, 3.63) is 70.3 Å². The molecule has 2 aromatic carbocycles. The molecule has 0 bridgehead atoms. The number of hydrogen-bond acceptors (Lipinski definition) is 6. The lowest BCUT2D eigenvalue weighted by Gasteiger charge is -2.29. The van der Waals surface area contributed by atoms with Crippen LogP contribution >= 0.6 is 0 Å². The fraction of sp³-hybridized carbons (Fsp3) is 0.467. The number of rotatable bonds is 10. The number of aliphatic hydroxyl groups is 1. The van der Waals surface area contributed by atoms with E-state index >= 15 is 0 Å². The van der Waals surface area contributed by atoms with Crippen LogP contribution in [0.3, 0.4) is 0 Å². The highest BCUT2D eigenvalue weighted by Gasteiger charge is 2.46. The van der Waals surface area contributed by atoms with Crippen LogP contribution in [0.5, 0.6) is 5.75 Å². The Morgan fingerprint density at radius 1 is 1.03 bits per heavy atom. The topological polar surface area (TPSA) is 79.3 Å². The highest BCUT2D eigenvalue weighted by molar-refractivity contribution is 6.46. The Balaban J connectivity index is 1.66. The van der Waals surface area contributed by atoms with Crippen molar-refractivity contribution in [2.75, 3.05) is 46.0 Å². The summed E-state index contributed by atoms with van der Waals surface area (Å²) in [7, 11) is 0. The zero-order chi connectivity index (χ0) is 26.4. The van der Waals surface area contributed by atoms with Gasteiger partial charge >= 0.3 is 0 Å². The average Bonchev–Trinajstić information content (AvgIpc) is 3.16. The van der Waals surface area contributed by atoms with E-state index < -0.39 is 17.7 Å². The van der Waals surface area contributed by atoms with Crippen LogP contribution in [0.2, 0.25) is 0 Å². The first-order valence-corrected chi connectivity index (χ1v) is 13.3. The van der Waals surface area contributed by atoms with E-state index in [0.717, 1.165) is 61.3 Å². The fourth-order valence-corrected chi connectivity index (χ4v) is 4.96. The van der Waals surface area contributed by atoms with E-state index in [1.165, 1.54) is 0 Å². The van der Waals surface area contributed by atoms with Crippen LogP contribution in [0.15, 0.2) is 48.0 Å². The minimum Gasteiger partial charge on any atom is -0.507 e. The number of benzene rings is 2. The maximum absolute atomic E-state index is 13.4. The highest BCUT2D eigenvalue weighted by atomic mass is 16.5. The Bertz CT molecular complexity index is 1140. The summed E-state index contributed by atoms with van der Waals surface area (Å²) in [5, 5.41) is 11.4. The molecule has 2 saturated heterocycles. The van der Waals surface area contributed by atoms with Gasteiger partial charge in [-0.1, -0.05) is 43.2 Å². The van der Waals surface area contributed by atoms with Gasteiger partial charge in [0, 0.05) is 31.7 Å². The van der Waals surface area contributed by atoms with E-state index in [1.54, 1.807) is 4.90 Å². The zero-order valence-corrected chi connectivity index (χ0v) is 22.2. The number of Topliss-reactive ketones (excluding diaryl/α,β-unsaturated/α-hetero) is 1. The van der Waals surface area contributed by atoms with E-state index in [0.29, 0.717) is 31.9 Å². The van der Waals surface area contributed by atoms with Crippen LogP contribution in [-0.4, -0.2) is 72.6 Å². The quantitative estimate of drug-likeness (QED) is 0.219. The number of morpholine rings is 1. The molecule has 198 valence electrons. The Hall–Kier alpha value is -3.16. The lowest BCUT2D eigenvalue weighted by Crippen LogP contribution is -2.38. The fourth-order valence-electron chi connectivity index (χ4n) is 4.96. The van der Waals surface area contributed by atoms with Crippen molar-refractivity contribution in [2.45, 2.75) is 46.1 Å². The molecule has 0 radical (unpaired) electrons. The van der Waals surface area contributed by atoms with E-state index in [2.05, 4.69) is 11.8 Å². The van der Waals surface area contributed by atoms with Gasteiger partial charge in [0.15, 0.2) is 0 Å². The molecular weight excluding hydrogens is 468 g/mol. The van der Waals surface area contributed by atoms with Crippen LogP contribution in [-0.2, 0) is 14.3 Å². The Kier molecular flexibility index (Phi) is 9.00. The monoisotopic (exact) mass is 506 g/mol. The molecular formula is C30H38N2O5. The first-order valence-electron chi connectivity index (χ1n) is 13.3. The predicted molar refractivity (Wildman–Crippen MR) is 144 cm³/mol. The second kappa shape index (κ2) is 12.4. The molecule has 1 amide bonds. The summed E-state index contributed by atoms with van der Waals surface area (Å²) >= 11 is 0. The van der Waals surface area contributed by atoms with Crippen molar-refractivity contribution in [3.8, 4) is 5.75 Å². The molecule has 2 aliphatic rings. The smallest absolute Gasteiger partial charge is 0.295 e. The highest BCUT2D eigenvalue weighted by Crippen LogP contribution is 2.40. The summed E-state index contributed by atoms with van der Waals surface area (Å²) in [5.74, 6) is -0.584. The molecule has 0 spiro atoms. The van der Waals surface area contributed by atoms with Crippen LogP contribution in [0.1, 0.15) is 54.5 Å². The minimum atomic E-state index is -0.658. The Morgan fingerprint density at radius 2 is 1.76 bits per heavy atom. The number of ketones is 1. The van der Waals surface area contributed by atoms with Gasteiger partial charge in [0.2, 0.25) is 0 Å². The average molecular weight is 507 g/mol. The molecule has 1 atom stereocenters. The van der Waals surface area contributed by atoms with Crippen molar-refractivity contribution in [1.29, 1.82) is 0 Å². The second-order valence-electron chi connectivity index (χ2n) is 9.89. The molecule has 7 heteroatoms. The maximum Gasteiger partial charge on any atom is 0.295 e. The predicted octanol–water partition coefficient (Wildman–Crippen LogP) is 4.63. The van der Waals surface area contributed by atoms with E-state index in [1.807, 2.05) is 56.3 Å². The number of ether oxygens (including phenoxy) is 2. The largest absolute Gasteiger partial charge is 0.507 e. The lowest BCUT2D eigenvalue weighted by atomic mass is 9.93. The summed E-state index contributed by atoms with van der Waals surface area (Å²) in [4.78, 5) is 30.6. The number of aryl methyl sites for hydroxylation is 2. The van der Waals surface area contributed by atoms with Gasteiger partial charge in [0.25, 0.3) is 11.7 Å². The first-order chi connectivity index (χ1) is 17.9. The maximum atomic E-state index is 13.4. The van der Waals surface area contributed by atoms with E-state index in [9.17, 15) is 14.7 Å². The summed E-state index contributed by atoms with van der Waals surface area (Å²) in [6.07, 6.45) is 2.75. The van der Waals surface area contributed by atoms with Gasteiger partial charge in [-0.05, 0) is 56.0 Å². The number of hydrogen-bond donors (Lipinski definition) is 1. The van der Waals surface area contributed by atoms with Crippen molar-refractivity contribution in [3.63, 3.8) is 0 Å². The summed E-state index contributed by atoms with van der Waals surface area (Å²) < 4.78 is 11.2. The molecule has 2 aliphatic heterocycles. The number of carbonyl (C=O) groups is 2. The molecule has 1 N–H and O–H groups in total. The number of unbranched alkanes of at least 4 members (excludes halogenated alkanes) is 1. The van der Waals surface area contributed by atoms with Gasteiger partial charge in [0.05, 0.1) is 31.4 Å². The number of nitrogens with zero attached hydrogens (tertiary/aromatic N) is 2. The third kappa shape index (κ3) is 6.22. The number of aliphatic hydroxyl groups excluding tert-OH is 1. The molecule has 0 saturated carbocycles. The van der Waals surface area contributed by atoms with Crippen LogP contribution in [0, 0.1) is 13.8 Å². The molecule has 4 rings (SSSR count). The molecule has 37 heavy (non-hydrogen) atoms. The summed E-state index contributed by atoms with van der Waals surface area (Å²) in [6, 6.07) is 12.6. The second-order valence-corrected chi connectivity index (χ2v) is 9.89. The van der Waals surface area contributed by atoms with Gasteiger partial charge in [0.1, 0.15) is 11.5 Å². The van der Waals surface area contributed by atoms with Gasteiger partial charge in [-0.15, -0.1) is 0 Å². The SMILES string of the molecule is CCCCOc1ccc(C2/C(=C(\O)c3cc(C)ccc3C)C(=O)C(=O)N2CCCN2CCOCC2)cc1. The number of likely N-dealkylation sites (tertiary alicyclic amines) is 1. The van der Waals surface area contributed by atoms with Gasteiger partial charge in [-0.25, -0.2) is 0 Å². The Morgan fingerprint density at radius 3 is 2.46 bits per heavy atom. The third-order valence-corrected chi connectivity index (χ3v) is 7.13. The van der Waals surface area contributed by atoms with Gasteiger partial charge in [-0.2, -0.15) is 0 Å². The van der Waals surface area contributed by atoms with Crippen molar-refractivity contribution in [2.24, 2.45) is 0 Å². The molecule has 1 unspecified atom stereocenters. The van der Waals surface area contributed by atoms with Gasteiger partial charge < -0.3 is 19.5 Å². The van der Waals surface area contributed by atoms with Crippen LogP contribution in [0.4, 0.5) is 0 Å². The standard InChI is InChI=1S/C30H38N2O5/c1-4-5-17-37-24-11-9-23(10-12-24)27-26(28(33)25-20-21(2)7-8-22(25)3)29(34)30(35)32(27)14-6-13-31-15-18-36-19-16-31/h7-12,20,27,33H,4-6,13-19H2,1-3H3/b28-26+. The van der Waals surface area contributed by atoms with E-state index in [-0.39, 0.29) is 11.3 Å². The van der Waals surface area contributed by atoms with Crippen molar-refractivity contribution >= 4 is 17.4 Å².